The van der Waals surface area contributed by atoms with E-state index in [1.54, 1.807) is 0 Å². The zero-order valence-electron chi connectivity index (χ0n) is 17.4. The number of methoxy groups -OCH3 is 1. The van der Waals surface area contributed by atoms with E-state index in [1.807, 2.05) is 54.6 Å². The average Bonchev–Trinajstić information content (AvgIpc) is 2.79. The molecule has 0 saturated carbocycles. The summed E-state index contributed by atoms with van der Waals surface area (Å²) < 4.78 is 43.4. The van der Waals surface area contributed by atoms with Crippen LogP contribution in [0.2, 0.25) is 0 Å². The SMILES string of the molecule is COC(=O)[C@@H](Cc1ccc(-c2ccccc2)cc1)NC(=O)Cc1cccc(C(F)(F)F)c1. The molecule has 0 aliphatic rings. The Morgan fingerprint density at radius 2 is 1.53 bits per heavy atom. The van der Waals surface area contributed by atoms with E-state index in [1.165, 1.54) is 19.2 Å². The molecule has 3 aromatic rings. The van der Waals surface area contributed by atoms with Crippen LogP contribution in [0.4, 0.5) is 13.2 Å². The molecule has 3 aromatic carbocycles. The van der Waals surface area contributed by atoms with Gasteiger partial charge in [-0.15, -0.1) is 0 Å². The second kappa shape index (κ2) is 10.1. The number of amides is 1. The topological polar surface area (TPSA) is 55.4 Å². The van der Waals surface area contributed by atoms with Crippen LogP contribution in [0.1, 0.15) is 16.7 Å². The molecule has 1 N–H and O–H groups in total. The summed E-state index contributed by atoms with van der Waals surface area (Å²) in [6.07, 6.45) is -4.59. The number of carbonyl (C=O) groups is 2. The maximum Gasteiger partial charge on any atom is 0.416 e. The fourth-order valence-electron chi connectivity index (χ4n) is 3.32. The van der Waals surface area contributed by atoms with Crippen molar-refractivity contribution in [1.82, 2.24) is 5.32 Å². The van der Waals surface area contributed by atoms with Gasteiger partial charge in [-0.2, -0.15) is 13.2 Å². The van der Waals surface area contributed by atoms with Crippen molar-refractivity contribution in [2.24, 2.45) is 0 Å². The van der Waals surface area contributed by atoms with E-state index in [4.69, 9.17) is 4.74 Å². The molecule has 0 aliphatic carbocycles. The van der Waals surface area contributed by atoms with E-state index in [0.717, 1.165) is 28.8 Å². The fourth-order valence-corrected chi connectivity index (χ4v) is 3.32. The molecule has 0 heterocycles. The summed E-state index contributed by atoms with van der Waals surface area (Å²) in [5, 5.41) is 2.57. The Bertz CT molecular complexity index is 1060. The van der Waals surface area contributed by atoms with Crippen LogP contribution < -0.4 is 5.32 Å². The first-order valence-corrected chi connectivity index (χ1v) is 9.94. The second-order valence-corrected chi connectivity index (χ2v) is 7.29. The van der Waals surface area contributed by atoms with Crippen molar-refractivity contribution in [2.45, 2.75) is 25.1 Å². The van der Waals surface area contributed by atoms with Crippen molar-refractivity contribution in [3.8, 4) is 11.1 Å². The van der Waals surface area contributed by atoms with Crippen molar-refractivity contribution < 1.29 is 27.5 Å². The number of hydrogen-bond acceptors (Lipinski definition) is 3. The minimum absolute atomic E-state index is 0.191. The standard InChI is InChI=1S/C25H22F3NO3/c1-32-24(31)22(15-17-10-12-20(13-11-17)19-7-3-2-4-8-19)29-23(30)16-18-6-5-9-21(14-18)25(26,27)28/h2-14,22H,15-16H2,1H3,(H,29,30)/t22-/m1/s1. The molecule has 0 bridgehead atoms. The van der Waals surface area contributed by atoms with Crippen molar-refractivity contribution >= 4 is 11.9 Å². The Balaban J connectivity index is 1.68. The number of ether oxygens (including phenoxy) is 1. The van der Waals surface area contributed by atoms with Gasteiger partial charge in [0.1, 0.15) is 6.04 Å². The molecule has 3 rings (SSSR count). The predicted molar refractivity (Wildman–Crippen MR) is 115 cm³/mol. The van der Waals surface area contributed by atoms with Gasteiger partial charge in [0, 0.05) is 6.42 Å². The van der Waals surface area contributed by atoms with Crippen LogP contribution in [0.3, 0.4) is 0 Å². The monoisotopic (exact) mass is 441 g/mol. The van der Waals surface area contributed by atoms with E-state index >= 15 is 0 Å². The molecule has 0 aliphatic heterocycles. The first-order chi connectivity index (χ1) is 15.3. The van der Waals surface area contributed by atoms with Crippen LogP contribution >= 0.6 is 0 Å². The quantitative estimate of drug-likeness (QED) is 0.535. The van der Waals surface area contributed by atoms with Crippen LogP contribution in [0.25, 0.3) is 11.1 Å². The molecule has 166 valence electrons. The molecular weight excluding hydrogens is 419 g/mol. The summed E-state index contributed by atoms with van der Waals surface area (Å²) >= 11 is 0. The summed E-state index contributed by atoms with van der Waals surface area (Å²) in [5.41, 5.74) is 2.24. The number of carbonyl (C=O) groups excluding carboxylic acids is 2. The molecule has 1 atom stereocenters. The zero-order chi connectivity index (χ0) is 23.1. The van der Waals surface area contributed by atoms with Crippen LogP contribution in [-0.4, -0.2) is 25.0 Å². The first-order valence-electron chi connectivity index (χ1n) is 9.94. The third-order valence-electron chi connectivity index (χ3n) is 4.94. The highest BCUT2D eigenvalue weighted by Gasteiger charge is 2.30. The number of hydrogen-bond donors (Lipinski definition) is 1. The van der Waals surface area contributed by atoms with Gasteiger partial charge in [-0.3, -0.25) is 4.79 Å². The summed E-state index contributed by atoms with van der Waals surface area (Å²) in [6.45, 7) is 0. The van der Waals surface area contributed by atoms with Gasteiger partial charge >= 0.3 is 12.1 Å². The maximum atomic E-state index is 12.9. The normalized spacial score (nSPS) is 12.1. The minimum Gasteiger partial charge on any atom is -0.467 e. The van der Waals surface area contributed by atoms with Gasteiger partial charge in [-0.25, -0.2) is 4.79 Å². The Morgan fingerprint density at radius 1 is 0.875 bits per heavy atom. The van der Waals surface area contributed by atoms with Gasteiger partial charge < -0.3 is 10.1 Å². The largest absolute Gasteiger partial charge is 0.467 e. The number of nitrogens with one attached hydrogen (secondary N) is 1. The summed E-state index contributed by atoms with van der Waals surface area (Å²) in [6, 6.07) is 20.9. The van der Waals surface area contributed by atoms with Crippen LogP contribution in [0.5, 0.6) is 0 Å². The highest BCUT2D eigenvalue weighted by Crippen LogP contribution is 2.29. The summed E-state index contributed by atoms with van der Waals surface area (Å²) in [4.78, 5) is 24.6. The third kappa shape index (κ3) is 6.20. The van der Waals surface area contributed by atoms with Crippen LogP contribution in [-0.2, 0) is 33.3 Å². The van der Waals surface area contributed by atoms with E-state index in [0.29, 0.717) is 0 Å². The van der Waals surface area contributed by atoms with Gasteiger partial charge in [-0.05, 0) is 28.3 Å². The highest BCUT2D eigenvalue weighted by atomic mass is 19.4. The third-order valence-corrected chi connectivity index (χ3v) is 4.94. The Hall–Kier alpha value is -3.61. The summed E-state index contributed by atoms with van der Waals surface area (Å²) in [5.74, 6) is -1.20. The molecule has 1 amide bonds. The van der Waals surface area contributed by atoms with Crippen molar-refractivity contribution in [3.05, 3.63) is 95.6 Å². The van der Waals surface area contributed by atoms with E-state index < -0.39 is 29.7 Å². The lowest BCUT2D eigenvalue weighted by molar-refractivity contribution is -0.145. The molecule has 4 nitrogen and oxygen atoms in total. The molecule has 0 saturated heterocycles. The smallest absolute Gasteiger partial charge is 0.416 e. The van der Waals surface area contributed by atoms with Gasteiger partial charge in [0.25, 0.3) is 0 Å². The maximum absolute atomic E-state index is 12.9. The summed E-state index contributed by atoms with van der Waals surface area (Å²) in [7, 11) is 1.22. The van der Waals surface area contributed by atoms with Crippen LogP contribution in [0.15, 0.2) is 78.9 Å². The lowest BCUT2D eigenvalue weighted by Gasteiger charge is -2.17. The van der Waals surface area contributed by atoms with Crippen LogP contribution in [0, 0.1) is 0 Å². The zero-order valence-corrected chi connectivity index (χ0v) is 17.4. The van der Waals surface area contributed by atoms with Crippen molar-refractivity contribution in [3.63, 3.8) is 0 Å². The lowest BCUT2D eigenvalue weighted by Crippen LogP contribution is -2.43. The fraction of sp³-hybridized carbons (Fsp3) is 0.200. The van der Waals surface area contributed by atoms with E-state index in [-0.39, 0.29) is 18.4 Å². The Labute approximate surface area is 184 Å². The molecule has 32 heavy (non-hydrogen) atoms. The van der Waals surface area contributed by atoms with Crippen molar-refractivity contribution in [1.29, 1.82) is 0 Å². The molecule has 0 radical (unpaired) electrons. The van der Waals surface area contributed by atoms with E-state index in [9.17, 15) is 22.8 Å². The number of halogens is 3. The second-order valence-electron chi connectivity index (χ2n) is 7.29. The molecule has 7 heteroatoms. The van der Waals surface area contributed by atoms with Crippen molar-refractivity contribution in [2.75, 3.05) is 7.11 Å². The predicted octanol–water partition coefficient (Wildman–Crippen LogP) is 4.82. The van der Waals surface area contributed by atoms with Gasteiger partial charge in [0.05, 0.1) is 19.1 Å². The molecule has 0 unspecified atom stereocenters. The number of esters is 1. The number of rotatable bonds is 7. The Kier molecular flexibility index (Phi) is 7.30. The molecule has 0 spiro atoms. The number of benzene rings is 3. The highest BCUT2D eigenvalue weighted by molar-refractivity contribution is 5.85. The minimum atomic E-state index is -4.49. The van der Waals surface area contributed by atoms with Gasteiger partial charge in [-0.1, -0.05) is 72.8 Å². The lowest BCUT2D eigenvalue weighted by atomic mass is 10.0. The van der Waals surface area contributed by atoms with E-state index in [2.05, 4.69) is 5.32 Å². The average molecular weight is 441 g/mol. The molecule has 0 aromatic heterocycles. The molecule has 0 fully saturated rings. The van der Waals surface area contributed by atoms with Gasteiger partial charge in [0.2, 0.25) is 5.91 Å². The molecular formula is C25H22F3NO3. The first kappa shape index (κ1) is 23.1. The number of alkyl halides is 3. The van der Waals surface area contributed by atoms with Gasteiger partial charge in [0.15, 0.2) is 0 Å². The Morgan fingerprint density at radius 3 is 2.16 bits per heavy atom.